The quantitative estimate of drug-likeness (QED) is 0.216. The zero-order valence-corrected chi connectivity index (χ0v) is 21.2. The lowest BCUT2D eigenvalue weighted by Gasteiger charge is -2.14. The molecule has 0 unspecified atom stereocenters. The van der Waals surface area contributed by atoms with Crippen molar-refractivity contribution in [3.63, 3.8) is 0 Å². The molecule has 0 saturated heterocycles. The van der Waals surface area contributed by atoms with Crippen LogP contribution in [-0.2, 0) is 10.5 Å². The molecule has 0 atom stereocenters. The molecular weight excluding hydrogens is 516 g/mol. The topological polar surface area (TPSA) is 98.3 Å². The first kappa shape index (κ1) is 25.3. The van der Waals surface area contributed by atoms with E-state index in [1.807, 2.05) is 61.5 Å². The third-order valence-electron chi connectivity index (χ3n) is 4.61. The van der Waals surface area contributed by atoms with Gasteiger partial charge >= 0.3 is 0 Å². The number of para-hydroxylation sites is 1. The molecule has 3 aromatic carbocycles. The van der Waals surface area contributed by atoms with E-state index in [9.17, 15) is 4.79 Å². The predicted octanol–water partition coefficient (Wildman–Crippen LogP) is 5.37. The molecule has 0 aliphatic rings. The van der Waals surface area contributed by atoms with Crippen LogP contribution >= 0.6 is 27.7 Å². The van der Waals surface area contributed by atoms with Crippen LogP contribution in [0.15, 0.2) is 81.4 Å². The summed E-state index contributed by atoms with van der Waals surface area (Å²) in [5, 5.41) is 11.3. The van der Waals surface area contributed by atoms with Crippen LogP contribution in [0.3, 0.4) is 0 Å². The van der Waals surface area contributed by atoms with E-state index in [0.29, 0.717) is 26.9 Å². The monoisotopic (exact) mass is 540 g/mol. The van der Waals surface area contributed by atoms with Crippen molar-refractivity contribution in [3.8, 4) is 11.5 Å². The number of amides is 1. The first-order chi connectivity index (χ1) is 16.5. The first-order valence-corrected chi connectivity index (χ1v) is 12.1. The zero-order chi connectivity index (χ0) is 24.3. The van der Waals surface area contributed by atoms with Crippen LogP contribution < -0.4 is 20.5 Å². The van der Waals surface area contributed by atoms with Gasteiger partial charge in [0.25, 0.3) is 5.91 Å². The lowest BCUT2D eigenvalue weighted by molar-refractivity contribution is -0.118. The number of methoxy groups -OCH3 is 1. The van der Waals surface area contributed by atoms with Gasteiger partial charge in [0.15, 0.2) is 23.3 Å². The number of ether oxygens (including phenoxy) is 2. The SMILES string of the molecule is COc1cc(C=NN=C(N)SCc2ccccc2)cc(Br)c1OCC(=O)Nc1ccccc1C. The van der Waals surface area contributed by atoms with Gasteiger partial charge in [-0.25, -0.2) is 0 Å². The van der Waals surface area contributed by atoms with Crippen molar-refractivity contribution in [1.82, 2.24) is 0 Å². The number of rotatable bonds is 9. The Morgan fingerprint density at radius 3 is 2.62 bits per heavy atom. The smallest absolute Gasteiger partial charge is 0.262 e. The van der Waals surface area contributed by atoms with Crippen LogP contribution in [0.1, 0.15) is 16.7 Å². The molecule has 3 rings (SSSR count). The van der Waals surface area contributed by atoms with Gasteiger partial charge in [0, 0.05) is 11.4 Å². The lowest BCUT2D eigenvalue weighted by Crippen LogP contribution is -2.21. The predicted molar refractivity (Wildman–Crippen MR) is 143 cm³/mol. The number of anilines is 1. The molecule has 34 heavy (non-hydrogen) atoms. The molecule has 3 aromatic rings. The molecule has 0 spiro atoms. The highest BCUT2D eigenvalue weighted by atomic mass is 79.9. The van der Waals surface area contributed by atoms with Crippen molar-refractivity contribution in [1.29, 1.82) is 0 Å². The minimum absolute atomic E-state index is 0.170. The van der Waals surface area contributed by atoms with Crippen LogP contribution in [0.4, 0.5) is 5.69 Å². The van der Waals surface area contributed by atoms with E-state index in [0.717, 1.165) is 22.4 Å². The van der Waals surface area contributed by atoms with E-state index < -0.39 is 0 Å². The Labute approximate surface area is 211 Å². The van der Waals surface area contributed by atoms with Gasteiger partial charge in [0.2, 0.25) is 0 Å². The maximum atomic E-state index is 12.3. The molecule has 0 heterocycles. The summed E-state index contributed by atoms with van der Waals surface area (Å²) in [6.07, 6.45) is 1.57. The fourth-order valence-electron chi connectivity index (χ4n) is 2.90. The minimum Gasteiger partial charge on any atom is -0.493 e. The van der Waals surface area contributed by atoms with Crippen molar-refractivity contribution in [3.05, 3.63) is 87.9 Å². The Morgan fingerprint density at radius 1 is 1.15 bits per heavy atom. The van der Waals surface area contributed by atoms with E-state index in [-0.39, 0.29) is 12.5 Å². The van der Waals surface area contributed by atoms with Gasteiger partial charge in [-0.2, -0.15) is 5.10 Å². The third kappa shape index (κ3) is 7.64. The summed E-state index contributed by atoms with van der Waals surface area (Å²) in [5.41, 5.74) is 9.54. The lowest BCUT2D eigenvalue weighted by atomic mass is 10.2. The van der Waals surface area contributed by atoms with Crippen molar-refractivity contribution < 1.29 is 14.3 Å². The normalized spacial score (nSPS) is 11.4. The Kier molecular flexibility index (Phi) is 9.54. The Morgan fingerprint density at radius 2 is 1.88 bits per heavy atom. The number of thioether (sulfide) groups is 1. The van der Waals surface area contributed by atoms with Gasteiger partial charge < -0.3 is 20.5 Å². The van der Waals surface area contributed by atoms with Crippen molar-refractivity contribution in [2.24, 2.45) is 15.9 Å². The third-order valence-corrected chi connectivity index (χ3v) is 6.06. The van der Waals surface area contributed by atoms with E-state index in [2.05, 4.69) is 31.4 Å². The van der Waals surface area contributed by atoms with Crippen molar-refractivity contribution >= 4 is 50.7 Å². The van der Waals surface area contributed by atoms with Gasteiger partial charge in [-0.1, -0.05) is 60.3 Å². The number of carbonyl (C=O) groups excluding carboxylic acids is 1. The van der Waals surface area contributed by atoms with Crippen LogP contribution in [0.2, 0.25) is 0 Å². The van der Waals surface area contributed by atoms with Gasteiger partial charge in [-0.3, -0.25) is 4.79 Å². The van der Waals surface area contributed by atoms with Crippen LogP contribution in [0.5, 0.6) is 11.5 Å². The largest absolute Gasteiger partial charge is 0.493 e. The number of hydrogen-bond donors (Lipinski definition) is 2. The molecule has 176 valence electrons. The second kappa shape index (κ2) is 12.8. The number of halogens is 1. The summed E-state index contributed by atoms with van der Waals surface area (Å²) >= 11 is 4.89. The van der Waals surface area contributed by atoms with Gasteiger partial charge in [-0.15, -0.1) is 5.10 Å². The van der Waals surface area contributed by atoms with E-state index in [1.165, 1.54) is 18.9 Å². The summed E-state index contributed by atoms with van der Waals surface area (Å²) in [5.74, 6) is 1.32. The summed E-state index contributed by atoms with van der Waals surface area (Å²) in [7, 11) is 1.53. The highest BCUT2D eigenvalue weighted by molar-refractivity contribution is 9.10. The fourth-order valence-corrected chi connectivity index (χ4v) is 4.09. The Bertz CT molecular complexity index is 1190. The number of nitrogens with one attached hydrogen (secondary N) is 1. The summed E-state index contributed by atoms with van der Waals surface area (Å²) in [6, 6.07) is 21.1. The number of nitrogens with two attached hydrogens (primary N) is 1. The van der Waals surface area contributed by atoms with E-state index in [1.54, 1.807) is 18.3 Å². The highest BCUT2D eigenvalue weighted by Crippen LogP contribution is 2.36. The van der Waals surface area contributed by atoms with E-state index in [4.69, 9.17) is 15.2 Å². The maximum absolute atomic E-state index is 12.3. The number of nitrogens with zero attached hydrogens (tertiary/aromatic N) is 2. The van der Waals surface area contributed by atoms with Crippen LogP contribution in [0.25, 0.3) is 0 Å². The summed E-state index contributed by atoms with van der Waals surface area (Å²) < 4.78 is 11.8. The first-order valence-electron chi connectivity index (χ1n) is 10.4. The number of carbonyl (C=O) groups is 1. The average Bonchev–Trinajstić information content (AvgIpc) is 2.84. The number of aryl methyl sites for hydroxylation is 1. The zero-order valence-electron chi connectivity index (χ0n) is 18.8. The van der Waals surface area contributed by atoms with Crippen LogP contribution in [-0.4, -0.2) is 31.0 Å². The molecule has 0 bridgehead atoms. The van der Waals surface area contributed by atoms with Gasteiger partial charge in [0.1, 0.15) is 0 Å². The molecule has 0 radical (unpaired) electrons. The molecule has 0 aliphatic carbocycles. The standard InChI is InChI=1S/C25H25BrN4O3S/c1-17-8-6-7-11-21(17)29-23(31)15-33-24-20(26)12-19(13-22(24)32-2)14-28-30-25(27)34-16-18-9-4-3-5-10-18/h3-14H,15-16H2,1-2H3,(H2,27,30)(H,29,31). The van der Waals surface area contributed by atoms with Crippen molar-refractivity contribution in [2.45, 2.75) is 12.7 Å². The van der Waals surface area contributed by atoms with Crippen molar-refractivity contribution in [2.75, 3.05) is 19.0 Å². The van der Waals surface area contributed by atoms with Crippen LogP contribution in [0, 0.1) is 6.92 Å². The van der Waals surface area contributed by atoms with Gasteiger partial charge in [-0.05, 0) is 57.7 Å². The summed E-state index contributed by atoms with van der Waals surface area (Å²) in [6.45, 7) is 1.76. The Balaban J connectivity index is 1.60. The van der Waals surface area contributed by atoms with Gasteiger partial charge in [0.05, 0.1) is 17.8 Å². The highest BCUT2D eigenvalue weighted by Gasteiger charge is 2.14. The molecule has 0 saturated carbocycles. The fraction of sp³-hybridized carbons (Fsp3) is 0.160. The molecule has 0 aliphatic heterocycles. The number of amidine groups is 1. The summed E-state index contributed by atoms with van der Waals surface area (Å²) in [4.78, 5) is 12.3. The Hall–Kier alpha value is -3.30. The molecule has 7 nitrogen and oxygen atoms in total. The number of hydrogen-bond acceptors (Lipinski definition) is 6. The molecule has 3 N–H and O–H groups in total. The molecule has 0 fully saturated rings. The molecule has 1 amide bonds. The van der Waals surface area contributed by atoms with E-state index >= 15 is 0 Å². The average molecular weight is 541 g/mol. The second-order valence-electron chi connectivity index (χ2n) is 7.14. The maximum Gasteiger partial charge on any atom is 0.262 e. The molecule has 0 aromatic heterocycles. The minimum atomic E-state index is -0.272. The molecule has 9 heteroatoms. The second-order valence-corrected chi connectivity index (χ2v) is 8.99. The molecular formula is C25H25BrN4O3S. The number of benzene rings is 3.